The molecule has 0 aliphatic heterocycles. The number of hydrogen-bond acceptors (Lipinski definition) is 2. The molecule has 102 valence electrons. The Morgan fingerprint density at radius 3 is 2.11 bits per heavy atom. The third-order valence-electron chi connectivity index (χ3n) is 3.64. The van der Waals surface area contributed by atoms with Crippen LogP contribution < -0.4 is 5.32 Å². The van der Waals surface area contributed by atoms with Crippen LogP contribution in [0.25, 0.3) is 0 Å². The lowest BCUT2D eigenvalue weighted by atomic mass is 9.90. The van der Waals surface area contributed by atoms with E-state index in [1.807, 2.05) is 0 Å². The summed E-state index contributed by atoms with van der Waals surface area (Å²) in [5, 5.41) is 8.16. The third kappa shape index (κ3) is 2.90. The Morgan fingerprint density at radius 2 is 1.63 bits per heavy atom. The van der Waals surface area contributed by atoms with Crippen molar-refractivity contribution in [1.82, 2.24) is 5.32 Å². The first kappa shape index (κ1) is 14.3. The second kappa shape index (κ2) is 5.89. The zero-order valence-electron chi connectivity index (χ0n) is 12.5. The Hall–Kier alpha value is -1.12. The van der Waals surface area contributed by atoms with Crippen molar-refractivity contribution in [2.45, 2.75) is 40.7 Å². The molecule has 1 nitrogen and oxygen atoms in total. The standard InChI is InChI=1S/C17H23NS/c1-6-18-17(15-10-19-9-14(15)5)16-12(3)7-11(2)8-13(16)4/h7-10,17-18H,6H2,1-5H3. The van der Waals surface area contributed by atoms with E-state index in [9.17, 15) is 0 Å². The molecular formula is C17H23NS. The SMILES string of the molecule is CCNC(c1cscc1C)c1c(C)cc(C)cc1C. The molecule has 0 saturated carbocycles. The number of thiophene rings is 1. The normalized spacial score (nSPS) is 12.7. The molecule has 1 unspecified atom stereocenters. The summed E-state index contributed by atoms with van der Waals surface area (Å²) in [5.41, 5.74) is 8.35. The summed E-state index contributed by atoms with van der Waals surface area (Å²) in [4.78, 5) is 0. The minimum atomic E-state index is 0.317. The summed E-state index contributed by atoms with van der Waals surface area (Å²) < 4.78 is 0. The number of rotatable bonds is 4. The van der Waals surface area contributed by atoms with Gasteiger partial charge in [-0.15, -0.1) is 0 Å². The maximum absolute atomic E-state index is 3.65. The highest BCUT2D eigenvalue weighted by atomic mass is 32.1. The van der Waals surface area contributed by atoms with Gasteiger partial charge in [-0.05, 0) is 72.8 Å². The molecule has 1 aromatic heterocycles. The van der Waals surface area contributed by atoms with Crippen LogP contribution in [0, 0.1) is 27.7 Å². The Bertz CT molecular complexity index is 545. The van der Waals surface area contributed by atoms with Gasteiger partial charge in [-0.2, -0.15) is 11.3 Å². The lowest BCUT2D eigenvalue weighted by molar-refractivity contribution is 0.623. The van der Waals surface area contributed by atoms with Crippen molar-refractivity contribution in [2.75, 3.05) is 6.54 Å². The average molecular weight is 273 g/mol. The van der Waals surface area contributed by atoms with Gasteiger partial charge in [0.1, 0.15) is 0 Å². The lowest BCUT2D eigenvalue weighted by Crippen LogP contribution is -2.24. The highest BCUT2D eigenvalue weighted by molar-refractivity contribution is 7.08. The molecule has 1 aromatic carbocycles. The largest absolute Gasteiger partial charge is 0.306 e. The highest BCUT2D eigenvalue weighted by Gasteiger charge is 2.19. The van der Waals surface area contributed by atoms with Gasteiger partial charge in [0, 0.05) is 0 Å². The van der Waals surface area contributed by atoms with E-state index in [1.165, 1.54) is 33.4 Å². The third-order valence-corrected chi connectivity index (χ3v) is 4.52. The maximum atomic E-state index is 3.65. The smallest absolute Gasteiger partial charge is 0.0592 e. The fraction of sp³-hybridized carbons (Fsp3) is 0.412. The van der Waals surface area contributed by atoms with E-state index in [0.29, 0.717) is 6.04 Å². The van der Waals surface area contributed by atoms with Crippen LogP contribution in [0.15, 0.2) is 22.9 Å². The molecule has 1 N–H and O–H groups in total. The van der Waals surface area contributed by atoms with Crippen LogP contribution in [0.4, 0.5) is 0 Å². The first-order valence-electron chi connectivity index (χ1n) is 6.88. The van der Waals surface area contributed by atoms with Crippen molar-refractivity contribution < 1.29 is 0 Å². The number of hydrogen-bond donors (Lipinski definition) is 1. The van der Waals surface area contributed by atoms with Crippen molar-refractivity contribution in [3.8, 4) is 0 Å². The summed E-state index contributed by atoms with van der Waals surface area (Å²) in [6, 6.07) is 4.89. The molecule has 1 heterocycles. The van der Waals surface area contributed by atoms with Crippen molar-refractivity contribution in [1.29, 1.82) is 0 Å². The van der Waals surface area contributed by atoms with Gasteiger partial charge in [-0.25, -0.2) is 0 Å². The molecule has 0 aliphatic rings. The zero-order valence-corrected chi connectivity index (χ0v) is 13.3. The van der Waals surface area contributed by atoms with Gasteiger partial charge in [0.2, 0.25) is 0 Å². The first-order chi connectivity index (χ1) is 9.04. The Kier molecular flexibility index (Phi) is 4.43. The Balaban J connectivity index is 2.54. The minimum absolute atomic E-state index is 0.317. The molecule has 0 fully saturated rings. The van der Waals surface area contributed by atoms with Crippen molar-refractivity contribution in [3.05, 3.63) is 56.3 Å². The summed E-state index contributed by atoms with van der Waals surface area (Å²) in [7, 11) is 0. The first-order valence-corrected chi connectivity index (χ1v) is 7.82. The van der Waals surface area contributed by atoms with Crippen LogP contribution in [0.2, 0.25) is 0 Å². The minimum Gasteiger partial charge on any atom is -0.306 e. The molecule has 2 heteroatoms. The number of aryl methyl sites for hydroxylation is 4. The molecule has 0 amide bonds. The molecule has 2 rings (SSSR count). The molecule has 19 heavy (non-hydrogen) atoms. The van der Waals surface area contributed by atoms with Gasteiger partial charge < -0.3 is 5.32 Å². The lowest BCUT2D eigenvalue weighted by Gasteiger charge is -2.23. The number of benzene rings is 1. The van der Waals surface area contributed by atoms with Gasteiger partial charge in [0.05, 0.1) is 6.04 Å². The van der Waals surface area contributed by atoms with Gasteiger partial charge in [0.15, 0.2) is 0 Å². The predicted octanol–water partition coefficient (Wildman–Crippen LogP) is 4.68. The van der Waals surface area contributed by atoms with E-state index in [2.05, 4.69) is 62.8 Å². The van der Waals surface area contributed by atoms with Crippen LogP contribution >= 0.6 is 11.3 Å². The molecule has 0 spiro atoms. The molecule has 0 saturated heterocycles. The summed E-state index contributed by atoms with van der Waals surface area (Å²) in [6.45, 7) is 12.0. The van der Waals surface area contributed by atoms with Crippen LogP contribution in [0.3, 0.4) is 0 Å². The average Bonchev–Trinajstić information content (AvgIpc) is 2.73. The van der Waals surface area contributed by atoms with Gasteiger partial charge >= 0.3 is 0 Å². The van der Waals surface area contributed by atoms with Crippen molar-refractivity contribution in [2.24, 2.45) is 0 Å². The van der Waals surface area contributed by atoms with Crippen LogP contribution in [-0.2, 0) is 0 Å². The second-order valence-corrected chi connectivity index (χ2v) is 6.06. The fourth-order valence-electron chi connectivity index (χ4n) is 2.88. The van der Waals surface area contributed by atoms with E-state index in [4.69, 9.17) is 0 Å². The molecule has 1 atom stereocenters. The van der Waals surface area contributed by atoms with E-state index >= 15 is 0 Å². The monoisotopic (exact) mass is 273 g/mol. The van der Waals surface area contributed by atoms with Crippen LogP contribution in [0.5, 0.6) is 0 Å². The second-order valence-electron chi connectivity index (χ2n) is 5.31. The van der Waals surface area contributed by atoms with Crippen LogP contribution in [0.1, 0.15) is 46.3 Å². The van der Waals surface area contributed by atoms with Gasteiger partial charge in [0.25, 0.3) is 0 Å². The summed E-state index contributed by atoms with van der Waals surface area (Å²) in [6.07, 6.45) is 0. The summed E-state index contributed by atoms with van der Waals surface area (Å²) in [5.74, 6) is 0. The zero-order chi connectivity index (χ0) is 14.0. The topological polar surface area (TPSA) is 12.0 Å². The highest BCUT2D eigenvalue weighted by Crippen LogP contribution is 2.32. The summed E-state index contributed by atoms with van der Waals surface area (Å²) >= 11 is 1.79. The fourth-order valence-corrected chi connectivity index (χ4v) is 3.76. The number of nitrogens with one attached hydrogen (secondary N) is 1. The predicted molar refractivity (Wildman–Crippen MR) is 85.2 cm³/mol. The van der Waals surface area contributed by atoms with Crippen molar-refractivity contribution >= 4 is 11.3 Å². The van der Waals surface area contributed by atoms with E-state index in [-0.39, 0.29) is 0 Å². The molecule has 0 aliphatic carbocycles. The van der Waals surface area contributed by atoms with Gasteiger partial charge in [-0.3, -0.25) is 0 Å². The Morgan fingerprint density at radius 1 is 1.00 bits per heavy atom. The Labute approximate surface area is 120 Å². The molecular weight excluding hydrogens is 250 g/mol. The van der Waals surface area contributed by atoms with E-state index in [0.717, 1.165) is 6.54 Å². The quantitative estimate of drug-likeness (QED) is 0.853. The van der Waals surface area contributed by atoms with Gasteiger partial charge in [-0.1, -0.05) is 24.6 Å². The van der Waals surface area contributed by atoms with E-state index < -0.39 is 0 Å². The molecule has 0 radical (unpaired) electrons. The molecule has 0 bridgehead atoms. The maximum Gasteiger partial charge on any atom is 0.0592 e. The van der Waals surface area contributed by atoms with Crippen LogP contribution in [-0.4, -0.2) is 6.54 Å². The van der Waals surface area contributed by atoms with Crippen molar-refractivity contribution in [3.63, 3.8) is 0 Å². The van der Waals surface area contributed by atoms with E-state index in [1.54, 1.807) is 11.3 Å². The molecule has 2 aromatic rings.